The fourth-order valence-electron chi connectivity index (χ4n) is 1.36. The van der Waals surface area contributed by atoms with Gasteiger partial charge < -0.3 is 5.11 Å². The van der Waals surface area contributed by atoms with Gasteiger partial charge in [-0.2, -0.15) is 13.2 Å². The molecular formula is C10H12ClF3OS. The van der Waals surface area contributed by atoms with E-state index < -0.39 is 18.2 Å². The Bertz CT molecular complexity index is 346. The summed E-state index contributed by atoms with van der Waals surface area (Å²) in [6.45, 7) is 1.51. The maximum atomic E-state index is 11.9. The second-order valence-corrected chi connectivity index (χ2v) is 5.56. The first kappa shape index (κ1) is 13.8. The van der Waals surface area contributed by atoms with Crippen LogP contribution in [0, 0.1) is 0 Å². The van der Waals surface area contributed by atoms with E-state index in [-0.39, 0.29) is 12.8 Å². The lowest BCUT2D eigenvalue weighted by atomic mass is 9.97. The van der Waals surface area contributed by atoms with Gasteiger partial charge in [0, 0.05) is 11.3 Å². The lowest BCUT2D eigenvalue weighted by Gasteiger charge is -2.21. The molecule has 0 saturated heterocycles. The minimum atomic E-state index is -4.16. The first-order valence-electron chi connectivity index (χ1n) is 4.76. The Hall–Kier alpha value is -0.260. The van der Waals surface area contributed by atoms with Gasteiger partial charge in [0.2, 0.25) is 0 Å². The van der Waals surface area contributed by atoms with Crippen LogP contribution < -0.4 is 0 Å². The van der Waals surface area contributed by atoms with E-state index in [0.717, 1.165) is 0 Å². The standard InChI is InChI=1S/C10H12ClF3OS/c1-9(15,5-2-6-10(12,13)14)7-3-4-8(11)16-7/h3-4,15H,2,5-6H2,1H3. The average molecular weight is 273 g/mol. The van der Waals surface area contributed by atoms with Gasteiger partial charge in [0.05, 0.1) is 9.94 Å². The van der Waals surface area contributed by atoms with Crippen molar-refractivity contribution < 1.29 is 18.3 Å². The lowest BCUT2D eigenvalue weighted by Crippen LogP contribution is -2.20. The Morgan fingerprint density at radius 2 is 1.94 bits per heavy atom. The van der Waals surface area contributed by atoms with Crippen LogP contribution in [0.25, 0.3) is 0 Å². The van der Waals surface area contributed by atoms with E-state index >= 15 is 0 Å². The van der Waals surface area contributed by atoms with Gasteiger partial charge in [0.15, 0.2) is 0 Å². The summed E-state index contributed by atoms with van der Waals surface area (Å²) in [5, 5.41) is 9.98. The summed E-state index contributed by atoms with van der Waals surface area (Å²) in [4.78, 5) is 0.597. The Morgan fingerprint density at radius 1 is 1.31 bits per heavy atom. The summed E-state index contributed by atoms with van der Waals surface area (Å²) in [7, 11) is 0. The van der Waals surface area contributed by atoms with Gasteiger partial charge in [0.1, 0.15) is 0 Å². The fraction of sp³-hybridized carbons (Fsp3) is 0.600. The molecule has 0 amide bonds. The van der Waals surface area contributed by atoms with Gasteiger partial charge in [-0.15, -0.1) is 11.3 Å². The summed E-state index contributed by atoms with van der Waals surface area (Å²) < 4.78 is 36.3. The number of rotatable bonds is 4. The second kappa shape index (κ2) is 4.94. The van der Waals surface area contributed by atoms with Crippen LogP contribution in [-0.4, -0.2) is 11.3 Å². The van der Waals surface area contributed by atoms with Crippen molar-refractivity contribution in [2.45, 2.75) is 38.0 Å². The molecular weight excluding hydrogens is 261 g/mol. The first-order chi connectivity index (χ1) is 7.21. The van der Waals surface area contributed by atoms with Crippen molar-refractivity contribution >= 4 is 22.9 Å². The molecule has 1 aromatic heterocycles. The molecule has 0 aliphatic heterocycles. The van der Waals surface area contributed by atoms with Crippen molar-refractivity contribution in [2.75, 3.05) is 0 Å². The molecule has 1 heterocycles. The lowest BCUT2D eigenvalue weighted by molar-refractivity contribution is -0.137. The van der Waals surface area contributed by atoms with Crippen molar-refractivity contribution in [3.63, 3.8) is 0 Å². The fourth-order valence-corrected chi connectivity index (χ4v) is 2.48. The highest BCUT2D eigenvalue weighted by molar-refractivity contribution is 7.16. The highest BCUT2D eigenvalue weighted by Gasteiger charge is 2.30. The van der Waals surface area contributed by atoms with Crippen LogP contribution in [0.2, 0.25) is 4.34 Å². The Morgan fingerprint density at radius 3 is 2.38 bits per heavy atom. The van der Waals surface area contributed by atoms with E-state index in [4.69, 9.17) is 11.6 Å². The molecule has 1 aromatic rings. The largest absolute Gasteiger partial charge is 0.389 e. The van der Waals surface area contributed by atoms with Crippen molar-refractivity contribution in [3.05, 3.63) is 21.3 Å². The van der Waals surface area contributed by atoms with Gasteiger partial charge in [-0.25, -0.2) is 0 Å². The maximum absolute atomic E-state index is 11.9. The normalized spacial score (nSPS) is 16.1. The van der Waals surface area contributed by atoms with Gasteiger partial charge in [-0.3, -0.25) is 0 Å². The third-order valence-electron chi connectivity index (χ3n) is 2.23. The molecule has 1 unspecified atom stereocenters. The molecule has 6 heteroatoms. The van der Waals surface area contributed by atoms with E-state index in [2.05, 4.69) is 0 Å². The van der Waals surface area contributed by atoms with Crippen molar-refractivity contribution in [1.82, 2.24) is 0 Å². The topological polar surface area (TPSA) is 20.2 Å². The zero-order valence-corrected chi connectivity index (χ0v) is 10.2. The molecule has 0 saturated carbocycles. The monoisotopic (exact) mass is 272 g/mol. The SMILES string of the molecule is CC(O)(CCCC(F)(F)F)c1ccc(Cl)s1. The summed E-state index contributed by atoms with van der Waals surface area (Å²) in [5.41, 5.74) is -1.23. The molecule has 1 N–H and O–H groups in total. The van der Waals surface area contributed by atoms with Crippen LogP contribution in [0.3, 0.4) is 0 Å². The van der Waals surface area contributed by atoms with Gasteiger partial charge >= 0.3 is 6.18 Å². The third kappa shape index (κ3) is 4.31. The molecule has 0 aromatic carbocycles. The second-order valence-electron chi connectivity index (χ2n) is 3.85. The zero-order chi connectivity index (χ0) is 12.4. The molecule has 0 fully saturated rings. The molecule has 0 radical (unpaired) electrons. The molecule has 0 aliphatic carbocycles. The van der Waals surface area contributed by atoms with Crippen molar-refractivity contribution in [3.8, 4) is 0 Å². The van der Waals surface area contributed by atoms with Crippen molar-refractivity contribution in [2.24, 2.45) is 0 Å². The Kier molecular flexibility index (Phi) is 4.26. The summed E-state index contributed by atoms with van der Waals surface area (Å²) in [5.74, 6) is 0. The molecule has 0 aliphatic rings. The number of alkyl halides is 3. The highest BCUT2D eigenvalue weighted by atomic mass is 35.5. The molecule has 1 atom stereocenters. The summed E-state index contributed by atoms with van der Waals surface area (Å²) in [6, 6.07) is 3.26. The summed E-state index contributed by atoms with van der Waals surface area (Å²) >= 11 is 6.89. The molecule has 0 spiro atoms. The van der Waals surface area contributed by atoms with Gasteiger partial charge in [0.25, 0.3) is 0 Å². The minimum Gasteiger partial charge on any atom is -0.385 e. The van der Waals surface area contributed by atoms with Crippen LogP contribution in [0.4, 0.5) is 13.2 Å². The Balaban J connectivity index is 2.52. The number of hydrogen-bond acceptors (Lipinski definition) is 2. The first-order valence-corrected chi connectivity index (χ1v) is 5.95. The molecule has 1 nitrogen and oxygen atoms in total. The molecule has 1 rings (SSSR count). The molecule has 16 heavy (non-hydrogen) atoms. The number of thiophene rings is 1. The van der Waals surface area contributed by atoms with E-state index in [0.29, 0.717) is 9.21 Å². The number of aliphatic hydroxyl groups is 1. The Labute approximate surface area is 101 Å². The van der Waals surface area contributed by atoms with Crippen LogP contribution >= 0.6 is 22.9 Å². The molecule has 0 bridgehead atoms. The number of hydrogen-bond donors (Lipinski definition) is 1. The van der Waals surface area contributed by atoms with E-state index in [1.807, 2.05) is 0 Å². The van der Waals surface area contributed by atoms with Crippen LogP contribution in [0.5, 0.6) is 0 Å². The summed E-state index contributed by atoms with van der Waals surface area (Å²) in [6.07, 6.45) is -5.05. The molecule has 92 valence electrons. The van der Waals surface area contributed by atoms with E-state index in [1.54, 1.807) is 12.1 Å². The average Bonchev–Trinajstić information content (AvgIpc) is 2.49. The van der Waals surface area contributed by atoms with Gasteiger partial charge in [-0.05, 0) is 31.9 Å². The van der Waals surface area contributed by atoms with Gasteiger partial charge in [-0.1, -0.05) is 11.6 Å². The van der Waals surface area contributed by atoms with Crippen LogP contribution in [-0.2, 0) is 5.60 Å². The van der Waals surface area contributed by atoms with Crippen LogP contribution in [0.1, 0.15) is 31.1 Å². The highest BCUT2D eigenvalue weighted by Crippen LogP contribution is 2.35. The maximum Gasteiger partial charge on any atom is 0.389 e. The predicted octanol–water partition coefficient (Wildman–Crippen LogP) is 4.34. The van der Waals surface area contributed by atoms with E-state index in [1.165, 1.54) is 18.3 Å². The predicted molar refractivity (Wildman–Crippen MR) is 58.8 cm³/mol. The van der Waals surface area contributed by atoms with E-state index in [9.17, 15) is 18.3 Å². The number of halogens is 4. The quantitative estimate of drug-likeness (QED) is 0.864. The third-order valence-corrected chi connectivity index (χ3v) is 3.71. The van der Waals surface area contributed by atoms with Crippen molar-refractivity contribution in [1.29, 1.82) is 0 Å². The van der Waals surface area contributed by atoms with Crippen LogP contribution in [0.15, 0.2) is 12.1 Å². The zero-order valence-electron chi connectivity index (χ0n) is 8.64. The smallest absolute Gasteiger partial charge is 0.385 e. The minimum absolute atomic E-state index is 0.0728.